The zero-order chi connectivity index (χ0) is 22.2. The minimum atomic E-state index is -0.118. The molecule has 0 N–H and O–H groups in total. The summed E-state index contributed by atoms with van der Waals surface area (Å²) in [6, 6.07) is 15.4. The van der Waals surface area contributed by atoms with Crippen molar-refractivity contribution in [3.8, 4) is 17.2 Å². The molecule has 2 aliphatic heterocycles. The third-order valence-corrected chi connectivity index (χ3v) is 6.10. The number of Topliss-reactive ketones (excluding diaryl/α,β-unsaturated/α-hetero) is 1. The molecule has 0 atom stereocenters. The number of ketones is 1. The van der Waals surface area contributed by atoms with E-state index in [-0.39, 0.29) is 12.6 Å². The zero-order valence-corrected chi connectivity index (χ0v) is 19.3. The first-order valence-electron chi connectivity index (χ1n) is 10.3. The van der Waals surface area contributed by atoms with Gasteiger partial charge in [0.2, 0.25) is 5.78 Å². The number of carbonyl (C=O) groups is 1. The van der Waals surface area contributed by atoms with Crippen LogP contribution in [0.15, 0.2) is 58.8 Å². The smallest absolute Gasteiger partial charge is 0.231 e. The maximum Gasteiger partial charge on any atom is 0.231 e. The van der Waals surface area contributed by atoms with Crippen molar-refractivity contribution in [1.82, 2.24) is 0 Å². The molecule has 32 heavy (non-hydrogen) atoms. The van der Waals surface area contributed by atoms with Crippen LogP contribution >= 0.6 is 15.9 Å². The number of halogens is 1. The molecule has 3 aromatic rings. The lowest BCUT2D eigenvalue weighted by Gasteiger charge is -2.21. The molecule has 2 aliphatic rings. The minimum absolute atomic E-state index is 0.118. The predicted octanol–water partition coefficient (Wildman–Crippen LogP) is 6.13. The average Bonchev–Trinajstić information content (AvgIpc) is 3.11. The topological polar surface area (TPSA) is 54.0 Å². The van der Waals surface area contributed by atoms with Crippen molar-refractivity contribution >= 4 is 27.8 Å². The van der Waals surface area contributed by atoms with Crippen molar-refractivity contribution in [1.29, 1.82) is 0 Å². The first kappa shape index (κ1) is 20.8. The lowest BCUT2D eigenvalue weighted by Crippen LogP contribution is -2.14. The Morgan fingerprint density at radius 3 is 2.78 bits per heavy atom. The molecule has 0 aromatic heterocycles. The van der Waals surface area contributed by atoms with Crippen LogP contribution in [-0.4, -0.2) is 12.6 Å². The molecule has 2 heterocycles. The van der Waals surface area contributed by atoms with Gasteiger partial charge in [0.25, 0.3) is 0 Å². The van der Waals surface area contributed by atoms with E-state index in [0.29, 0.717) is 36.0 Å². The molecule has 162 valence electrons. The average molecular weight is 493 g/mol. The largest absolute Gasteiger partial charge is 0.488 e. The molecule has 0 aliphatic carbocycles. The summed E-state index contributed by atoms with van der Waals surface area (Å²) in [5.41, 5.74) is 5.29. The molecular formula is C26H21BrO5. The molecule has 0 amide bonds. The first-order valence-corrected chi connectivity index (χ1v) is 11.1. The lowest BCUT2D eigenvalue weighted by atomic mass is 10.0. The second-order valence-corrected chi connectivity index (χ2v) is 8.73. The van der Waals surface area contributed by atoms with Gasteiger partial charge in [-0.25, -0.2) is 0 Å². The highest BCUT2D eigenvalue weighted by molar-refractivity contribution is 9.10. The van der Waals surface area contributed by atoms with Crippen LogP contribution in [0.2, 0.25) is 0 Å². The quantitative estimate of drug-likeness (QED) is 0.410. The van der Waals surface area contributed by atoms with E-state index < -0.39 is 0 Å². The summed E-state index contributed by atoms with van der Waals surface area (Å²) in [7, 11) is 0. The maximum absolute atomic E-state index is 12.9. The second kappa shape index (κ2) is 8.45. The molecule has 0 saturated carbocycles. The summed E-state index contributed by atoms with van der Waals surface area (Å²) in [5.74, 6) is 2.22. The van der Waals surface area contributed by atoms with Crippen molar-refractivity contribution in [2.24, 2.45) is 0 Å². The van der Waals surface area contributed by atoms with Gasteiger partial charge in [-0.05, 0) is 55.3 Å². The minimum Gasteiger partial charge on any atom is -0.488 e. The van der Waals surface area contributed by atoms with Crippen LogP contribution in [0.1, 0.15) is 38.2 Å². The number of rotatable bonds is 4. The Kier molecular flexibility index (Phi) is 5.49. The Balaban J connectivity index is 1.40. The van der Waals surface area contributed by atoms with Gasteiger partial charge in [-0.15, -0.1) is 0 Å². The Hall–Kier alpha value is -3.09. The van der Waals surface area contributed by atoms with E-state index in [1.165, 1.54) is 0 Å². The van der Waals surface area contributed by atoms with Crippen LogP contribution in [0.5, 0.6) is 17.2 Å². The Bertz CT molecular complexity index is 1260. The molecule has 0 radical (unpaired) electrons. The Morgan fingerprint density at radius 1 is 1.09 bits per heavy atom. The molecule has 5 rings (SSSR count). The summed E-state index contributed by atoms with van der Waals surface area (Å²) in [5, 5.41) is 0. The van der Waals surface area contributed by atoms with Gasteiger partial charge in [-0.3, -0.25) is 4.79 Å². The van der Waals surface area contributed by atoms with Crippen molar-refractivity contribution in [3.63, 3.8) is 0 Å². The molecule has 0 bridgehead atoms. The summed E-state index contributed by atoms with van der Waals surface area (Å²) < 4.78 is 24.1. The van der Waals surface area contributed by atoms with Gasteiger partial charge in [-0.1, -0.05) is 40.2 Å². The van der Waals surface area contributed by atoms with Crippen LogP contribution in [-0.2, 0) is 18.0 Å². The van der Waals surface area contributed by atoms with Gasteiger partial charge in [0.1, 0.15) is 23.9 Å². The summed E-state index contributed by atoms with van der Waals surface area (Å²) in [6.45, 7) is 4.96. The number of ether oxygens (including phenoxy) is 4. The molecule has 5 nitrogen and oxygen atoms in total. The van der Waals surface area contributed by atoms with Gasteiger partial charge >= 0.3 is 0 Å². The summed E-state index contributed by atoms with van der Waals surface area (Å²) >= 11 is 3.54. The van der Waals surface area contributed by atoms with Crippen LogP contribution in [0.4, 0.5) is 0 Å². The highest BCUT2D eigenvalue weighted by Crippen LogP contribution is 2.40. The van der Waals surface area contributed by atoms with E-state index in [0.717, 1.165) is 38.0 Å². The third kappa shape index (κ3) is 3.80. The number of aryl methyl sites for hydroxylation is 1. The summed E-state index contributed by atoms with van der Waals surface area (Å²) in [6.07, 6.45) is 1.80. The first-order chi connectivity index (χ1) is 15.5. The van der Waals surface area contributed by atoms with Crippen LogP contribution in [0.3, 0.4) is 0 Å². The van der Waals surface area contributed by atoms with Crippen molar-refractivity contribution in [3.05, 3.63) is 92.1 Å². The van der Waals surface area contributed by atoms with Gasteiger partial charge in [0.15, 0.2) is 12.6 Å². The number of hydrogen-bond donors (Lipinski definition) is 0. The van der Waals surface area contributed by atoms with E-state index in [1.807, 2.05) is 56.3 Å². The fourth-order valence-electron chi connectivity index (χ4n) is 3.93. The van der Waals surface area contributed by atoms with E-state index in [1.54, 1.807) is 12.1 Å². The molecule has 6 heteroatoms. The zero-order valence-electron chi connectivity index (χ0n) is 17.7. The fraction of sp³-hybridized carbons (Fsp3) is 0.192. The molecule has 0 saturated heterocycles. The van der Waals surface area contributed by atoms with E-state index in [9.17, 15) is 4.79 Å². The van der Waals surface area contributed by atoms with Gasteiger partial charge in [-0.2, -0.15) is 0 Å². The normalized spacial score (nSPS) is 15.7. The van der Waals surface area contributed by atoms with Gasteiger partial charge in [0, 0.05) is 21.2 Å². The highest BCUT2D eigenvalue weighted by atomic mass is 79.9. The van der Waals surface area contributed by atoms with Crippen molar-refractivity contribution in [2.75, 3.05) is 6.79 Å². The second-order valence-electron chi connectivity index (χ2n) is 7.81. The van der Waals surface area contributed by atoms with Gasteiger partial charge in [0.05, 0.1) is 12.2 Å². The van der Waals surface area contributed by atoms with Crippen molar-refractivity contribution in [2.45, 2.75) is 27.1 Å². The molecule has 0 fully saturated rings. The van der Waals surface area contributed by atoms with Crippen LogP contribution in [0.25, 0.3) is 6.08 Å². The third-order valence-electron chi connectivity index (χ3n) is 5.65. The number of allylic oxidation sites excluding steroid dienone is 1. The molecule has 0 spiro atoms. The number of carbonyl (C=O) groups excluding carboxylic acids is 1. The summed E-state index contributed by atoms with van der Waals surface area (Å²) in [4.78, 5) is 12.9. The fourth-order valence-corrected chi connectivity index (χ4v) is 4.49. The van der Waals surface area contributed by atoms with Crippen LogP contribution < -0.4 is 14.2 Å². The predicted molar refractivity (Wildman–Crippen MR) is 124 cm³/mol. The molecule has 3 aromatic carbocycles. The van der Waals surface area contributed by atoms with Crippen molar-refractivity contribution < 1.29 is 23.7 Å². The molecular weight excluding hydrogens is 472 g/mol. The maximum atomic E-state index is 12.9. The highest BCUT2D eigenvalue weighted by Gasteiger charge is 2.30. The number of benzene rings is 3. The number of fused-ring (bicyclic) bond motifs is 2. The van der Waals surface area contributed by atoms with E-state index in [2.05, 4.69) is 15.9 Å². The van der Waals surface area contributed by atoms with Crippen LogP contribution in [0, 0.1) is 13.8 Å². The van der Waals surface area contributed by atoms with E-state index in [4.69, 9.17) is 18.9 Å². The lowest BCUT2D eigenvalue weighted by molar-refractivity contribution is -0.0176. The molecule has 0 unspecified atom stereocenters. The number of hydrogen-bond acceptors (Lipinski definition) is 5. The SMILES string of the molecule is Cc1ccccc1/C=C1\Oc2c(ccc(OCc3cc(Br)cc4c3OCOC4)c2C)C1=O. The Morgan fingerprint density at radius 2 is 1.94 bits per heavy atom. The van der Waals surface area contributed by atoms with E-state index >= 15 is 0 Å². The van der Waals surface area contributed by atoms with Gasteiger partial charge < -0.3 is 18.9 Å². The standard InChI is InChI=1S/C26H21BrO5/c1-15-5-3-4-6-17(15)11-23-24(28)21-7-8-22(16(2)25(21)32-23)30-13-19-10-20(27)9-18-12-29-14-31-26(18)19/h3-11H,12-14H2,1-2H3/b23-11-. The Labute approximate surface area is 194 Å². The monoisotopic (exact) mass is 492 g/mol.